The monoisotopic (exact) mass is 270 g/mol. The second-order valence-electron chi connectivity index (χ2n) is 3.75. The van der Waals surface area contributed by atoms with Gasteiger partial charge in [-0.3, -0.25) is 4.79 Å². The van der Waals surface area contributed by atoms with Gasteiger partial charge < -0.3 is 5.32 Å². The maximum atomic E-state index is 11.5. The molecular formula is C12H12Cl2N2O. The van der Waals surface area contributed by atoms with Crippen molar-refractivity contribution in [3.05, 3.63) is 33.8 Å². The standard InChI is InChI=1S/C12H12Cl2N2O/c1-7(6-15)12(17)16-8(2)10-4-3-9(13)5-11(10)14/h3-5,7-8H,1-2H3,(H,16,17). The van der Waals surface area contributed by atoms with Crippen LogP contribution in [0.25, 0.3) is 0 Å². The van der Waals surface area contributed by atoms with E-state index in [9.17, 15) is 4.79 Å². The van der Waals surface area contributed by atoms with E-state index in [-0.39, 0.29) is 11.9 Å². The SMILES string of the molecule is CC(C#N)C(=O)NC(C)c1ccc(Cl)cc1Cl. The van der Waals surface area contributed by atoms with Crippen molar-refractivity contribution in [2.45, 2.75) is 19.9 Å². The predicted molar refractivity (Wildman–Crippen MR) is 67.8 cm³/mol. The minimum absolute atomic E-state index is 0.261. The molecule has 0 heterocycles. The van der Waals surface area contributed by atoms with Crippen LogP contribution < -0.4 is 5.32 Å². The van der Waals surface area contributed by atoms with Crippen LogP contribution in [-0.4, -0.2) is 5.91 Å². The summed E-state index contributed by atoms with van der Waals surface area (Å²) in [6.07, 6.45) is 0. The van der Waals surface area contributed by atoms with Crippen LogP contribution in [0, 0.1) is 17.2 Å². The van der Waals surface area contributed by atoms with Gasteiger partial charge in [0.05, 0.1) is 12.1 Å². The number of halogens is 2. The fraction of sp³-hybridized carbons (Fsp3) is 0.333. The Kier molecular flexibility index (Phi) is 4.80. The molecule has 90 valence electrons. The zero-order chi connectivity index (χ0) is 13.0. The molecule has 1 rings (SSSR count). The molecule has 0 aromatic heterocycles. The molecule has 1 amide bonds. The summed E-state index contributed by atoms with van der Waals surface area (Å²) in [6.45, 7) is 3.35. The van der Waals surface area contributed by atoms with Gasteiger partial charge >= 0.3 is 0 Å². The Bertz CT molecular complexity index is 468. The van der Waals surface area contributed by atoms with Gasteiger partial charge in [0.15, 0.2) is 0 Å². The van der Waals surface area contributed by atoms with Gasteiger partial charge in [-0.25, -0.2) is 0 Å². The van der Waals surface area contributed by atoms with Crippen molar-refractivity contribution in [3.63, 3.8) is 0 Å². The molecule has 0 fully saturated rings. The minimum atomic E-state index is -0.677. The van der Waals surface area contributed by atoms with E-state index in [0.29, 0.717) is 10.0 Å². The van der Waals surface area contributed by atoms with Crippen LogP contribution in [-0.2, 0) is 4.79 Å². The van der Waals surface area contributed by atoms with E-state index in [2.05, 4.69) is 5.32 Å². The quantitative estimate of drug-likeness (QED) is 0.916. The first-order valence-electron chi connectivity index (χ1n) is 5.10. The van der Waals surface area contributed by atoms with Gasteiger partial charge in [-0.1, -0.05) is 29.3 Å². The molecule has 17 heavy (non-hydrogen) atoms. The molecule has 0 saturated carbocycles. The summed E-state index contributed by atoms with van der Waals surface area (Å²) in [6, 6.07) is 6.70. The molecule has 0 bridgehead atoms. The first-order chi connectivity index (χ1) is 7.95. The molecule has 2 unspecified atom stereocenters. The van der Waals surface area contributed by atoms with E-state index in [0.717, 1.165) is 5.56 Å². The van der Waals surface area contributed by atoms with Crippen molar-refractivity contribution in [2.75, 3.05) is 0 Å². The Morgan fingerprint density at radius 3 is 2.59 bits per heavy atom. The van der Waals surface area contributed by atoms with Crippen molar-refractivity contribution >= 4 is 29.1 Å². The number of hydrogen-bond acceptors (Lipinski definition) is 2. The maximum Gasteiger partial charge on any atom is 0.237 e. The third-order valence-corrected chi connectivity index (χ3v) is 2.94. The summed E-state index contributed by atoms with van der Waals surface area (Å²) in [7, 11) is 0. The number of nitrogens with one attached hydrogen (secondary N) is 1. The Hall–Kier alpha value is -1.24. The van der Waals surface area contributed by atoms with E-state index < -0.39 is 5.92 Å². The second kappa shape index (κ2) is 5.90. The van der Waals surface area contributed by atoms with Gasteiger partial charge in [0.25, 0.3) is 0 Å². The minimum Gasteiger partial charge on any atom is -0.348 e. The second-order valence-corrected chi connectivity index (χ2v) is 4.59. The lowest BCUT2D eigenvalue weighted by atomic mass is 10.1. The lowest BCUT2D eigenvalue weighted by Crippen LogP contribution is -2.31. The molecule has 0 aliphatic heterocycles. The maximum absolute atomic E-state index is 11.5. The number of nitrogens with zero attached hydrogens (tertiary/aromatic N) is 1. The molecular weight excluding hydrogens is 259 g/mol. The number of amides is 1. The third kappa shape index (κ3) is 3.62. The van der Waals surface area contributed by atoms with Crippen molar-refractivity contribution < 1.29 is 4.79 Å². The van der Waals surface area contributed by atoms with E-state index in [1.807, 2.05) is 6.07 Å². The van der Waals surface area contributed by atoms with Crippen molar-refractivity contribution in [1.82, 2.24) is 5.32 Å². The Labute approximate surface area is 110 Å². The predicted octanol–water partition coefficient (Wildman–Crippen LogP) is 3.33. The fourth-order valence-corrected chi connectivity index (χ4v) is 1.90. The van der Waals surface area contributed by atoms with Crippen molar-refractivity contribution in [1.29, 1.82) is 5.26 Å². The van der Waals surface area contributed by atoms with Gasteiger partial charge in [0.2, 0.25) is 5.91 Å². The summed E-state index contributed by atoms with van der Waals surface area (Å²) in [4.78, 5) is 11.5. The van der Waals surface area contributed by atoms with E-state index in [1.165, 1.54) is 0 Å². The van der Waals surface area contributed by atoms with Gasteiger partial charge in [0.1, 0.15) is 5.92 Å². The highest BCUT2D eigenvalue weighted by molar-refractivity contribution is 6.35. The molecule has 0 saturated heterocycles. The number of carbonyl (C=O) groups excluding carboxylic acids is 1. The molecule has 0 spiro atoms. The average molecular weight is 271 g/mol. The zero-order valence-corrected chi connectivity index (χ0v) is 11.0. The fourth-order valence-electron chi connectivity index (χ4n) is 1.33. The highest BCUT2D eigenvalue weighted by atomic mass is 35.5. The molecule has 0 aliphatic rings. The van der Waals surface area contributed by atoms with Crippen LogP contribution >= 0.6 is 23.2 Å². The summed E-state index contributed by atoms with van der Waals surface area (Å²) in [5.41, 5.74) is 0.773. The van der Waals surface area contributed by atoms with Gasteiger partial charge in [0, 0.05) is 10.0 Å². The molecule has 0 aliphatic carbocycles. The molecule has 0 radical (unpaired) electrons. The van der Waals surface area contributed by atoms with Crippen molar-refractivity contribution in [3.8, 4) is 6.07 Å². The molecule has 1 aromatic rings. The number of carbonyl (C=O) groups is 1. The Morgan fingerprint density at radius 2 is 2.06 bits per heavy atom. The number of nitriles is 1. The Balaban J connectivity index is 2.80. The number of hydrogen-bond donors (Lipinski definition) is 1. The van der Waals surface area contributed by atoms with E-state index in [4.69, 9.17) is 28.5 Å². The number of benzene rings is 1. The van der Waals surface area contributed by atoms with Crippen LogP contribution in [0.3, 0.4) is 0 Å². The van der Waals surface area contributed by atoms with Crippen LogP contribution in [0.5, 0.6) is 0 Å². The lowest BCUT2D eigenvalue weighted by molar-refractivity contribution is -0.123. The van der Waals surface area contributed by atoms with Crippen molar-refractivity contribution in [2.24, 2.45) is 5.92 Å². The van der Waals surface area contributed by atoms with E-state index >= 15 is 0 Å². The molecule has 5 heteroatoms. The Morgan fingerprint density at radius 1 is 1.41 bits per heavy atom. The number of rotatable bonds is 3. The smallest absolute Gasteiger partial charge is 0.237 e. The first-order valence-corrected chi connectivity index (χ1v) is 5.86. The molecule has 3 nitrogen and oxygen atoms in total. The lowest BCUT2D eigenvalue weighted by Gasteiger charge is -2.16. The van der Waals surface area contributed by atoms with E-state index in [1.54, 1.807) is 32.0 Å². The summed E-state index contributed by atoms with van der Waals surface area (Å²) >= 11 is 11.8. The van der Waals surface area contributed by atoms with Gasteiger partial charge in [-0.05, 0) is 31.5 Å². The van der Waals surface area contributed by atoms with Crippen LogP contribution in [0.1, 0.15) is 25.5 Å². The van der Waals surface area contributed by atoms with Crippen LogP contribution in [0.2, 0.25) is 10.0 Å². The van der Waals surface area contributed by atoms with Crippen LogP contribution in [0.15, 0.2) is 18.2 Å². The summed E-state index contributed by atoms with van der Waals surface area (Å²) in [5, 5.41) is 12.4. The largest absolute Gasteiger partial charge is 0.348 e. The third-order valence-electron chi connectivity index (χ3n) is 2.37. The highest BCUT2D eigenvalue weighted by Crippen LogP contribution is 2.26. The highest BCUT2D eigenvalue weighted by Gasteiger charge is 2.17. The topological polar surface area (TPSA) is 52.9 Å². The molecule has 1 aromatic carbocycles. The average Bonchev–Trinajstić information content (AvgIpc) is 2.27. The molecule has 1 N–H and O–H groups in total. The normalized spacial score (nSPS) is 13.6. The first kappa shape index (κ1) is 13.8. The van der Waals surface area contributed by atoms with Gasteiger partial charge in [-0.15, -0.1) is 0 Å². The molecule has 2 atom stereocenters. The summed E-state index contributed by atoms with van der Waals surface area (Å²) in [5.74, 6) is -0.991. The summed E-state index contributed by atoms with van der Waals surface area (Å²) < 4.78 is 0. The zero-order valence-electron chi connectivity index (χ0n) is 9.50. The van der Waals surface area contributed by atoms with Gasteiger partial charge in [-0.2, -0.15) is 5.26 Å². The van der Waals surface area contributed by atoms with Crippen LogP contribution in [0.4, 0.5) is 0 Å².